The molecule has 2 aromatic carbocycles. The van der Waals surface area contributed by atoms with Gasteiger partial charge in [-0.1, -0.05) is 29.7 Å². The number of hydrogen-bond donors (Lipinski definition) is 2. The van der Waals surface area contributed by atoms with Crippen LogP contribution in [0.2, 0.25) is 5.02 Å². The largest absolute Gasteiger partial charge is 0.494 e. The second-order valence-electron chi connectivity index (χ2n) is 7.23. The number of carbonyl (C=O) groups excluding carboxylic acids is 2. The Hall–Kier alpha value is -4.35. The summed E-state index contributed by atoms with van der Waals surface area (Å²) in [5, 5.41) is 11.5. The minimum atomic E-state index is -0.535. The number of halogens is 1. The molecule has 0 aliphatic carbocycles. The molecule has 0 saturated carbocycles. The molecule has 0 saturated heterocycles. The molecule has 0 bridgehead atoms. The summed E-state index contributed by atoms with van der Waals surface area (Å²) >= 11 is 6.18. The maximum Gasteiger partial charge on any atom is 0.259 e. The number of pyridine rings is 1. The zero-order valence-corrected chi connectivity index (χ0v) is 19.6. The van der Waals surface area contributed by atoms with E-state index in [2.05, 4.69) is 26.6 Å². The van der Waals surface area contributed by atoms with E-state index in [4.69, 9.17) is 22.8 Å². The first-order valence-corrected chi connectivity index (χ1v) is 10.4. The van der Waals surface area contributed by atoms with Gasteiger partial charge in [0.2, 0.25) is 0 Å². The summed E-state index contributed by atoms with van der Waals surface area (Å²) in [6, 6.07) is 13.0. The lowest BCUT2D eigenvalue weighted by Gasteiger charge is -2.16. The lowest BCUT2D eigenvalue weighted by molar-refractivity contribution is 0.102. The average molecular weight is 476 g/mol. The second-order valence-corrected chi connectivity index (χ2v) is 7.67. The average Bonchev–Trinajstić information content (AvgIpc) is 2.84. The van der Waals surface area contributed by atoms with Crippen molar-refractivity contribution < 1.29 is 14.3 Å². The number of carbonyl (C=O) groups is 2. The molecule has 9 heteroatoms. The molecule has 1 heterocycles. The summed E-state index contributed by atoms with van der Waals surface area (Å²) in [7, 11) is 5.05. The first kappa shape index (κ1) is 24.3. The number of aromatic nitrogens is 1. The number of benzene rings is 2. The Morgan fingerprint density at radius 2 is 1.85 bits per heavy atom. The van der Waals surface area contributed by atoms with Crippen molar-refractivity contribution >= 4 is 41.1 Å². The fraction of sp³-hybridized carbons (Fsp3) is 0.120. The number of ether oxygens (including phenoxy) is 1. The predicted octanol–water partition coefficient (Wildman–Crippen LogP) is 4.13. The SMILES string of the molecule is C#Cc1ccc(NC(=O)c2cc(Cl)cc(OC)c2NC(=O)c2ccc(C=NN(C)C)cc2)nc1. The molecule has 34 heavy (non-hydrogen) atoms. The molecule has 0 radical (unpaired) electrons. The number of hydrogen-bond acceptors (Lipinski definition) is 6. The quantitative estimate of drug-likeness (QED) is 0.304. The van der Waals surface area contributed by atoms with E-state index >= 15 is 0 Å². The standard InChI is InChI=1S/C25H22ClN5O3/c1-5-16-8-11-22(27-14-16)29-25(33)20-12-19(26)13-21(34-4)23(20)30-24(32)18-9-6-17(7-10-18)15-28-31(2)3/h1,6-15H,2-4H3,(H,30,32)(H,27,29,33). The molecule has 0 aliphatic rings. The van der Waals surface area contributed by atoms with Gasteiger partial charge in [-0.2, -0.15) is 5.10 Å². The maximum atomic E-state index is 13.0. The third-order valence-corrected chi connectivity index (χ3v) is 4.77. The third kappa shape index (κ3) is 6.12. The molecular weight excluding hydrogens is 454 g/mol. The van der Waals surface area contributed by atoms with E-state index in [1.54, 1.807) is 47.6 Å². The first-order valence-electron chi connectivity index (χ1n) is 10.0. The highest BCUT2D eigenvalue weighted by Crippen LogP contribution is 2.33. The van der Waals surface area contributed by atoms with Gasteiger partial charge < -0.3 is 20.4 Å². The molecule has 0 spiro atoms. The number of terminal acetylenes is 1. The Labute approximate surface area is 202 Å². The van der Waals surface area contributed by atoms with Crippen molar-refractivity contribution in [3.8, 4) is 18.1 Å². The molecule has 0 aliphatic heterocycles. The van der Waals surface area contributed by atoms with Crippen molar-refractivity contribution in [2.24, 2.45) is 5.10 Å². The lowest BCUT2D eigenvalue weighted by Crippen LogP contribution is -2.19. The summed E-state index contributed by atoms with van der Waals surface area (Å²) in [4.78, 5) is 30.1. The zero-order chi connectivity index (χ0) is 24.7. The van der Waals surface area contributed by atoms with Gasteiger partial charge in [0.15, 0.2) is 0 Å². The van der Waals surface area contributed by atoms with Crippen LogP contribution in [0.25, 0.3) is 0 Å². The van der Waals surface area contributed by atoms with Gasteiger partial charge in [0.1, 0.15) is 11.6 Å². The predicted molar refractivity (Wildman–Crippen MR) is 134 cm³/mol. The van der Waals surface area contributed by atoms with Gasteiger partial charge >= 0.3 is 0 Å². The van der Waals surface area contributed by atoms with Crippen molar-refractivity contribution in [1.29, 1.82) is 0 Å². The number of methoxy groups -OCH3 is 1. The van der Waals surface area contributed by atoms with E-state index in [-0.39, 0.29) is 27.8 Å². The third-order valence-electron chi connectivity index (χ3n) is 4.55. The van der Waals surface area contributed by atoms with Crippen molar-refractivity contribution in [2.75, 3.05) is 31.8 Å². The minimum absolute atomic E-state index is 0.107. The molecule has 3 aromatic rings. The van der Waals surface area contributed by atoms with Crippen LogP contribution in [0.1, 0.15) is 31.8 Å². The van der Waals surface area contributed by atoms with Crippen LogP contribution in [0, 0.1) is 12.3 Å². The van der Waals surface area contributed by atoms with E-state index in [9.17, 15) is 9.59 Å². The molecule has 0 unspecified atom stereocenters. The number of amides is 2. The van der Waals surface area contributed by atoms with Crippen LogP contribution in [0.3, 0.4) is 0 Å². The van der Waals surface area contributed by atoms with E-state index in [1.807, 2.05) is 14.1 Å². The van der Waals surface area contributed by atoms with E-state index in [0.29, 0.717) is 11.1 Å². The van der Waals surface area contributed by atoms with Gasteiger partial charge in [-0.25, -0.2) is 4.98 Å². The van der Waals surface area contributed by atoms with Crippen LogP contribution in [0.15, 0.2) is 59.8 Å². The number of nitrogens with one attached hydrogen (secondary N) is 2. The van der Waals surface area contributed by atoms with Crippen LogP contribution in [-0.4, -0.2) is 49.2 Å². The van der Waals surface area contributed by atoms with Gasteiger partial charge in [-0.15, -0.1) is 6.42 Å². The fourth-order valence-corrected chi connectivity index (χ4v) is 3.08. The Morgan fingerprint density at radius 3 is 2.44 bits per heavy atom. The highest BCUT2D eigenvalue weighted by atomic mass is 35.5. The van der Waals surface area contributed by atoms with Crippen LogP contribution in [-0.2, 0) is 0 Å². The first-order chi connectivity index (χ1) is 16.3. The van der Waals surface area contributed by atoms with Crippen LogP contribution >= 0.6 is 11.6 Å². The highest BCUT2D eigenvalue weighted by Gasteiger charge is 2.20. The Balaban J connectivity index is 1.87. The molecule has 172 valence electrons. The lowest BCUT2D eigenvalue weighted by atomic mass is 10.1. The molecule has 0 fully saturated rings. The monoisotopic (exact) mass is 475 g/mol. The second kappa shape index (κ2) is 11.0. The van der Waals surface area contributed by atoms with Crippen molar-refractivity contribution in [3.63, 3.8) is 0 Å². The summed E-state index contributed by atoms with van der Waals surface area (Å²) in [5.74, 6) is 2.01. The Kier molecular flexibility index (Phi) is 7.85. The van der Waals surface area contributed by atoms with E-state index in [1.165, 1.54) is 25.4 Å². The van der Waals surface area contributed by atoms with Crippen LogP contribution in [0.4, 0.5) is 11.5 Å². The normalized spacial score (nSPS) is 10.4. The number of rotatable bonds is 7. The zero-order valence-electron chi connectivity index (χ0n) is 18.8. The molecule has 1 aromatic heterocycles. The highest BCUT2D eigenvalue weighted by molar-refractivity contribution is 6.31. The van der Waals surface area contributed by atoms with E-state index < -0.39 is 11.8 Å². The Morgan fingerprint density at radius 1 is 1.12 bits per heavy atom. The van der Waals surface area contributed by atoms with Gasteiger partial charge in [0, 0.05) is 42.5 Å². The van der Waals surface area contributed by atoms with Gasteiger partial charge in [-0.05, 0) is 35.9 Å². The summed E-state index contributed by atoms with van der Waals surface area (Å²) in [6.45, 7) is 0. The molecule has 8 nitrogen and oxygen atoms in total. The summed E-state index contributed by atoms with van der Waals surface area (Å²) in [5.41, 5.74) is 2.08. The van der Waals surface area contributed by atoms with Crippen LogP contribution in [0.5, 0.6) is 5.75 Å². The fourth-order valence-electron chi connectivity index (χ4n) is 2.88. The van der Waals surface area contributed by atoms with E-state index in [0.717, 1.165) is 5.56 Å². The summed E-state index contributed by atoms with van der Waals surface area (Å²) < 4.78 is 5.37. The molecule has 3 rings (SSSR count). The smallest absolute Gasteiger partial charge is 0.259 e. The number of hydrazone groups is 1. The van der Waals surface area contributed by atoms with Crippen molar-refractivity contribution in [2.45, 2.75) is 0 Å². The maximum absolute atomic E-state index is 13.0. The molecule has 0 atom stereocenters. The van der Waals surface area contributed by atoms with Crippen LogP contribution < -0.4 is 15.4 Å². The van der Waals surface area contributed by atoms with Gasteiger partial charge in [0.25, 0.3) is 11.8 Å². The minimum Gasteiger partial charge on any atom is -0.494 e. The summed E-state index contributed by atoms with van der Waals surface area (Å²) in [6.07, 6.45) is 8.47. The van der Waals surface area contributed by atoms with Gasteiger partial charge in [0.05, 0.1) is 24.6 Å². The molecule has 2 N–H and O–H groups in total. The topological polar surface area (TPSA) is 95.9 Å². The van der Waals surface area contributed by atoms with Crippen molar-refractivity contribution in [1.82, 2.24) is 9.99 Å². The van der Waals surface area contributed by atoms with Crippen molar-refractivity contribution in [3.05, 3.63) is 82.0 Å². The van der Waals surface area contributed by atoms with Gasteiger partial charge in [-0.3, -0.25) is 9.59 Å². The number of nitrogens with zero attached hydrogens (tertiary/aromatic N) is 3. The number of anilines is 2. The molecule has 2 amide bonds. The molecular formula is C25H22ClN5O3. The Bertz CT molecular complexity index is 1260.